The summed E-state index contributed by atoms with van der Waals surface area (Å²) in [7, 11) is -3.54. The molecule has 2 aliphatic heterocycles. The van der Waals surface area contributed by atoms with Gasteiger partial charge in [0.15, 0.2) is 0 Å². The fraction of sp³-hybridized carbons (Fsp3) is 0.391. The smallest absolute Gasteiger partial charge is 0.308 e. The number of carbonyl (C=O) groups excluding carboxylic acids is 1. The Bertz CT molecular complexity index is 1150. The van der Waals surface area contributed by atoms with Crippen LogP contribution in [0, 0.1) is 11.3 Å². The Balaban J connectivity index is 1.29. The normalized spacial score (nSPS) is 17.4. The van der Waals surface area contributed by atoms with Crippen LogP contribution in [0.4, 0.5) is 5.69 Å². The molecule has 8 nitrogen and oxygen atoms in total. The highest BCUT2D eigenvalue weighted by Gasteiger charge is 2.48. The van der Waals surface area contributed by atoms with Gasteiger partial charge in [-0.25, -0.2) is 0 Å². The van der Waals surface area contributed by atoms with E-state index in [9.17, 15) is 18.5 Å². The number of nitrogens with one attached hydrogen (secondary N) is 1. The Morgan fingerprint density at radius 3 is 2.47 bits per heavy atom. The van der Waals surface area contributed by atoms with Crippen molar-refractivity contribution in [3.8, 4) is 17.6 Å². The van der Waals surface area contributed by atoms with Gasteiger partial charge in [-0.2, -0.15) is 13.7 Å². The first-order valence-corrected chi connectivity index (χ1v) is 12.2. The molecule has 2 aromatic rings. The van der Waals surface area contributed by atoms with Gasteiger partial charge in [0.05, 0.1) is 22.8 Å². The first-order chi connectivity index (χ1) is 15.3. The number of hydrogen-bond donors (Lipinski definition) is 1. The lowest BCUT2D eigenvalue weighted by atomic mass is 9.73. The number of anilines is 1. The summed E-state index contributed by atoms with van der Waals surface area (Å²) in [5, 5.41) is 12.2. The van der Waals surface area contributed by atoms with Crippen molar-refractivity contribution in [2.45, 2.75) is 25.2 Å². The van der Waals surface area contributed by atoms with E-state index < -0.39 is 15.5 Å². The molecule has 2 heterocycles. The molecule has 0 aliphatic carbocycles. The van der Waals surface area contributed by atoms with Crippen LogP contribution in [0.2, 0.25) is 0 Å². The summed E-state index contributed by atoms with van der Waals surface area (Å²) in [6.07, 6.45) is 1.39. The number of nitrogens with zero attached hydrogens (tertiary/aromatic N) is 2. The van der Waals surface area contributed by atoms with Crippen molar-refractivity contribution in [3.05, 3.63) is 53.6 Å². The molecular weight excluding hydrogens is 430 g/mol. The highest BCUT2D eigenvalue weighted by molar-refractivity contribution is 7.87. The van der Waals surface area contributed by atoms with E-state index in [0.29, 0.717) is 37.3 Å². The first kappa shape index (κ1) is 22.1. The summed E-state index contributed by atoms with van der Waals surface area (Å²) in [6.45, 7) is 4.23. The van der Waals surface area contributed by atoms with Gasteiger partial charge in [0.25, 0.3) is 0 Å². The molecule has 2 aliphatic rings. The number of ether oxygens (including phenoxy) is 1. The van der Waals surface area contributed by atoms with E-state index in [1.807, 2.05) is 12.1 Å². The van der Waals surface area contributed by atoms with Gasteiger partial charge in [0.2, 0.25) is 5.91 Å². The second kappa shape index (κ2) is 8.81. The number of likely N-dealkylation sites (tertiary alicyclic amines) is 1. The van der Waals surface area contributed by atoms with E-state index >= 15 is 0 Å². The molecule has 9 heteroatoms. The molecule has 0 unspecified atom stereocenters. The summed E-state index contributed by atoms with van der Waals surface area (Å²) in [4.78, 5) is 15.0. The minimum atomic E-state index is -3.54. The Morgan fingerprint density at radius 2 is 1.81 bits per heavy atom. The maximum absolute atomic E-state index is 12.8. The molecule has 4 rings (SSSR count). The highest BCUT2D eigenvalue weighted by atomic mass is 32.2. The zero-order valence-electron chi connectivity index (χ0n) is 17.8. The highest BCUT2D eigenvalue weighted by Crippen LogP contribution is 2.45. The van der Waals surface area contributed by atoms with Gasteiger partial charge in [-0.1, -0.05) is 0 Å². The molecular formula is C23H25N3O5S. The minimum absolute atomic E-state index is 0.0193. The Labute approximate surface area is 187 Å². The zero-order valence-corrected chi connectivity index (χ0v) is 18.7. The fourth-order valence-corrected chi connectivity index (χ4v) is 4.75. The van der Waals surface area contributed by atoms with Crippen LogP contribution in [-0.2, 0) is 20.3 Å². The molecule has 1 spiro atoms. The van der Waals surface area contributed by atoms with Gasteiger partial charge in [-0.3, -0.25) is 9.69 Å². The number of rotatable bonds is 7. The summed E-state index contributed by atoms with van der Waals surface area (Å²) in [5.74, 6) is 0.823. The average molecular weight is 456 g/mol. The van der Waals surface area contributed by atoms with Crippen LogP contribution in [0.25, 0.3) is 0 Å². The second-order valence-electron chi connectivity index (χ2n) is 8.00. The van der Waals surface area contributed by atoms with E-state index in [1.165, 1.54) is 6.92 Å². The lowest BCUT2D eigenvalue weighted by Crippen LogP contribution is -2.47. The number of carbonyl (C=O) groups is 1. The summed E-state index contributed by atoms with van der Waals surface area (Å²) in [5.41, 5.74) is 1.75. The van der Waals surface area contributed by atoms with Crippen LogP contribution >= 0.6 is 0 Å². The molecule has 1 fully saturated rings. The third-order valence-electron chi connectivity index (χ3n) is 6.13. The number of fused-ring (bicyclic) bond motifs is 2. The molecule has 32 heavy (non-hydrogen) atoms. The van der Waals surface area contributed by atoms with Crippen molar-refractivity contribution in [1.29, 1.82) is 5.26 Å². The molecule has 1 saturated heterocycles. The monoisotopic (exact) mass is 455 g/mol. The van der Waals surface area contributed by atoms with E-state index in [2.05, 4.69) is 16.3 Å². The topological polar surface area (TPSA) is 109 Å². The van der Waals surface area contributed by atoms with E-state index in [-0.39, 0.29) is 17.4 Å². The second-order valence-corrected chi connectivity index (χ2v) is 9.86. The number of piperidine rings is 1. The molecule has 0 atom stereocenters. The Morgan fingerprint density at radius 1 is 1.12 bits per heavy atom. The van der Waals surface area contributed by atoms with Crippen LogP contribution in [0.3, 0.4) is 0 Å². The van der Waals surface area contributed by atoms with Gasteiger partial charge in [0, 0.05) is 12.2 Å². The van der Waals surface area contributed by atoms with E-state index in [4.69, 9.17) is 8.92 Å². The molecule has 1 N–H and O–H groups in total. The van der Waals surface area contributed by atoms with Gasteiger partial charge in [0.1, 0.15) is 18.1 Å². The molecule has 2 aromatic carbocycles. The maximum Gasteiger partial charge on any atom is 0.308 e. The van der Waals surface area contributed by atoms with Gasteiger partial charge < -0.3 is 14.2 Å². The average Bonchev–Trinajstić information content (AvgIpc) is 3.06. The maximum atomic E-state index is 12.8. The van der Waals surface area contributed by atoms with Crippen LogP contribution in [-0.4, -0.2) is 51.2 Å². The summed E-state index contributed by atoms with van der Waals surface area (Å²) < 4.78 is 33.8. The third kappa shape index (κ3) is 4.42. The molecule has 0 aromatic heterocycles. The van der Waals surface area contributed by atoms with Crippen LogP contribution in [0.15, 0.2) is 42.5 Å². The Kier molecular flexibility index (Phi) is 6.09. The summed E-state index contributed by atoms with van der Waals surface area (Å²) in [6, 6.07) is 14.0. The number of nitriles is 1. The third-order valence-corrected chi connectivity index (χ3v) is 7.29. The van der Waals surface area contributed by atoms with E-state index in [1.54, 1.807) is 30.3 Å². The molecule has 0 saturated carbocycles. The van der Waals surface area contributed by atoms with Gasteiger partial charge in [-0.15, -0.1) is 0 Å². The zero-order chi connectivity index (χ0) is 22.8. The largest absolute Gasteiger partial charge is 0.492 e. The number of amides is 1. The van der Waals surface area contributed by atoms with Crippen LogP contribution in [0.1, 0.15) is 30.9 Å². The van der Waals surface area contributed by atoms with Crippen molar-refractivity contribution in [2.75, 3.05) is 37.3 Å². The van der Waals surface area contributed by atoms with E-state index in [0.717, 1.165) is 24.3 Å². The van der Waals surface area contributed by atoms with Crippen molar-refractivity contribution in [2.24, 2.45) is 0 Å². The van der Waals surface area contributed by atoms with Crippen molar-refractivity contribution >= 4 is 21.7 Å². The molecule has 0 radical (unpaired) electrons. The lowest BCUT2D eigenvalue weighted by molar-refractivity contribution is -0.122. The minimum Gasteiger partial charge on any atom is -0.492 e. The number of benzene rings is 2. The van der Waals surface area contributed by atoms with Crippen molar-refractivity contribution < 1.29 is 22.1 Å². The van der Waals surface area contributed by atoms with Crippen LogP contribution in [0.5, 0.6) is 11.5 Å². The van der Waals surface area contributed by atoms with Gasteiger partial charge >= 0.3 is 10.1 Å². The SMILES string of the molecule is CCS(=O)(=O)Oc1ccc(OCCN2CCC3(CC2)C(=O)Nc2ccc(C#N)cc23)cc1. The van der Waals surface area contributed by atoms with Gasteiger partial charge in [-0.05, 0) is 80.9 Å². The predicted molar refractivity (Wildman–Crippen MR) is 119 cm³/mol. The fourth-order valence-electron chi connectivity index (χ4n) is 4.23. The predicted octanol–water partition coefficient (Wildman–Crippen LogP) is 2.65. The summed E-state index contributed by atoms with van der Waals surface area (Å²) >= 11 is 0. The van der Waals surface area contributed by atoms with Crippen LogP contribution < -0.4 is 14.2 Å². The molecule has 168 valence electrons. The molecule has 0 bridgehead atoms. The Hall–Kier alpha value is -3.09. The van der Waals surface area contributed by atoms with Crippen molar-refractivity contribution in [1.82, 2.24) is 4.90 Å². The first-order valence-electron chi connectivity index (χ1n) is 10.6. The quantitative estimate of drug-likeness (QED) is 0.639. The number of hydrogen-bond acceptors (Lipinski definition) is 7. The lowest BCUT2D eigenvalue weighted by Gasteiger charge is -2.37. The standard InChI is InChI=1S/C23H25N3O5S/c1-2-32(28,29)31-19-6-4-18(5-7-19)30-14-13-26-11-9-23(10-12-26)20-15-17(16-24)3-8-21(20)25-22(23)27/h3-8,15H,2,9-14H2,1H3,(H,25,27). The van der Waals surface area contributed by atoms with Crippen molar-refractivity contribution in [3.63, 3.8) is 0 Å². The molecule has 1 amide bonds.